The van der Waals surface area contributed by atoms with Crippen LogP contribution in [0.25, 0.3) is 5.78 Å². The summed E-state index contributed by atoms with van der Waals surface area (Å²) in [5.74, 6) is 0.810. The second-order valence-electron chi connectivity index (χ2n) is 5.99. The molecule has 5 nitrogen and oxygen atoms in total. The van der Waals surface area contributed by atoms with Crippen LogP contribution in [-0.2, 0) is 0 Å². The van der Waals surface area contributed by atoms with Gasteiger partial charge in [0.15, 0.2) is 0 Å². The third kappa shape index (κ3) is 2.63. The molecule has 1 aliphatic heterocycles. The fourth-order valence-corrected chi connectivity index (χ4v) is 4.02. The van der Waals surface area contributed by atoms with E-state index in [1.54, 1.807) is 6.20 Å². The number of nitrogens with zero attached hydrogens (tertiary/aromatic N) is 4. The highest BCUT2D eigenvalue weighted by Gasteiger charge is 2.30. The molecule has 0 unspecified atom stereocenters. The van der Waals surface area contributed by atoms with Gasteiger partial charge in [-0.15, -0.1) is 11.3 Å². The SMILES string of the molecule is Cc1csc(C(=O)N2CCCC[C@@H]2c2ccn3ccnc3n2)c1. The maximum absolute atomic E-state index is 12.9. The van der Waals surface area contributed by atoms with E-state index in [1.165, 1.54) is 11.3 Å². The number of aryl methyl sites for hydroxylation is 1. The number of piperidine rings is 1. The molecule has 1 fully saturated rings. The first-order valence-corrected chi connectivity index (χ1v) is 8.76. The first-order chi connectivity index (χ1) is 11.2. The van der Waals surface area contributed by atoms with E-state index in [-0.39, 0.29) is 11.9 Å². The average Bonchev–Trinajstić information content (AvgIpc) is 3.22. The number of aromatic nitrogens is 3. The van der Waals surface area contributed by atoms with Crippen molar-refractivity contribution in [2.45, 2.75) is 32.2 Å². The van der Waals surface area contributed by atoms with Crippen LogP contribution in [0.2, 0.25) is 0 Å². The van der Waals surface area contributed by atoms with Crippen molar-refractivity contribution < 1.29 is 4.79 Å². The Morgan fingerprint density at radius 2 is 2.26 bits per heavy atom. The van der Waals surface area contributed by atoms with E-state index < -0.39 is 0 Å². The van der Waals surface area contributed by atoms with E-state index in [9.17, 15) is 4.79 Å². The van der Waals surface area contributed by atoms with E-state index in [2.05, 4.69) is 9.97 Å². The fourth-order valence-electron chi connectivity index (χ4n) is 3.17. The Labute approximate surface area is 138 Å². The molecule has 118 valence electrons. The zero-order valence-electron chi connectivity index (χ0n) is 13.0. The van der Waals surface area contributed by atoms with Crippen molar-refractivity contribution in [2.24, 2.45) is 0 Å². The average molecular weight is 326 g/mol. The minimum atomic E-state index is 0.0420. The van der Waals surface area contributed by atoms with Crippen LogP contribution < -0.4 is 0 Å². The minimum Gasteiger partial charge on any atom is -0.329 e. The monoisotopic (exact) mass is 326 g/mol. The number of carbonyl (C=O) groups is 1. The Hall–Kier alpha value is -2.21. The quantitative estimate of drug-likeness (QED) is 0.724. The van der Waals surface area contributed by atoms with Crippen molar-refractivity contribution >= 4 is 23.0 Å². The van der Waals surface area contributed by atoms with Gasteiger partial charge >= 0.3 is 0 Å². The molecule has 23 heavy (non-hydrogen) atoms. The summed E-state index contributed by atoms with van der Waals surface area (Å²) in [6.45, 7) is 2.82. The lowest BCUT2D eigenvalue weighted by Gasteiger charge is -2.35. The Balaban J connectivity index is 1.68. The third-order valence-electron chi connectivity index (χ3n) is 4.33. The predicted octanol–water partition coefficient (Wildman–Crippen LogP) is 3.47. The highest BCUT2D eigenvalue weighted by molar-refractivity contribution is 7.12. The summed E-state index contributed by atoms with van der Waals surface area (Å²) in [5, 5.41) is 2.03. The van der Waals surface area contributed by atoms with Crippen molar-refractivity contribution in [3.8, 4) is 0 Å². The molecule has 4 heterocycles. The molecule has 0 aromatic carbocycles. The molecular weight excluding hydrogens is 308 g/mol. The largest absolute Gasteiger partial charge is 0.329 e. The summed E-state index contributed by atoms with van der Waals surface area (Å²) in [6, 6.07) is 4.02. The molecule has 0 bridgehead atoms. The van der Waals surface area contributed by atoms with Crippen LogP contribution in [-0.4, -0.2) is 31.7 Å². The van der Waals surface area contributed by atoms with Gasteiger partial charge in [-0.25, -0.2) is 9.97 Å². The third-order valence-corrected chi connectivity index (χ3v) is 5.37. The van der Waals surface area contributed by atoms with Crippen LogP contribution in [0.1, 0.15) is 46.2 Å². The molecule has 3 aromatic rings. The van der Waals surface area contributed by atoms with E-state index in [4.69, 9.17) is 0 Å². The van der Waals surface area contributed by atoms with Crippen LogP contribution in [0.3, 0.4) is 0 Å². The Bertz CT molecular complexity index is 853. The molecule has 1 atom stereocenters. The molecule has 3 aromatic heterocycles. The van der Waals surface area contributed by atoms with Crippen LogP contribution >= 0.6 is 11.3 Å². The van der Waals surface area contributed by atoms with E-state index >= 15 is 0 Å². The molecule has 0 spiro atoms. The zero-order valence-corrected chi connectivity index (χ0v) is 13.8. The smallest absolute Gasteiger partial charge is 0.264 e. The predicted molar refractivity (Wildman–Crippen MR) is 89.7 cm³/mol. The van der Waals surface area contributed by atoms with E-state index in [0.717, 1.165) is 41.9 Å². The van der Waals surface area contributed by atoms with Gasteiger partial charge in [0, 0.05) is 25.1 Å². The number of likely N-dealkylation sites (tertiary alicyclic amines) is 1. The van der Waals surface area contributed by atoms with Gasteiger partial charge in [-0.3, -0.25) is 9.20 Å². The van der Waals surface area contributed by atoms with E-state index in [1.807, 2.05) is 46.1 Å². The second-order valence-corrected chi connectivity index (χ2v) is 6.90. The van der Waals surface area contributed by atoms with Crippen molar-refractivity contribution in [1.82, 2.24) is 19.3 Å². The van der Waals surface area contributed by atoms with Crippen LogP contribution in [0.4, 0.5) is 0 Å². The molecule has 6 heteroatoms. The normalized spacial score (nSPS) is 18.5. The first-order valence-electron chi connectivity index (χ1n) is 7.88. The van der Waals surface area contributed by atoms with E-state index in [0.29, 0.717) is 5.78 Å². The standard InChI is InChI=1S/C17H18N4OS/c1-12-10-15(23-11-12)16(22)21-7-3-2-4-14(21)13-5-8-20-9-6-18-17(20)19-13/h5-6,8-11,14H,2-4,7H2,1H3/t14-/m1/s1. The summed E-state index contributed by atoms with van der Waals surface area (Å²) >= 11 is 1.52. The van der Waals surface area contributed by atoms with Gasteiger partial charge in [-0.05, 0) is 49.3 Å². The lowest BCUT2D eigenvalue weighted by atomic mass is 9.99. The van der Waals surface area contributed by atoms with Gasteiger partial charge in [-0.2, -0.15) is 0 Å². The fraction of sp³-hybridized carbons (Fsp3) is 0.353. The molecular formula is C17H18N4OS. The lowest BCUT2D eigenvalue weighted by molar-refractivity contribution is 0.0611. The van der Waals surface area contributed by atoms with Gasteiger partial charge < -0.3 is 4.90 Å². The maximum atomic E-state index is 12.9. The second kappa shape index (κ2) is 5.77. The first kappa shape index (κ1) is 14.4. The van der Waals surface area contributed by atoms with Gasteiger partial charge in [0.25, 0.3) is 5.91 Å². The van der Waals surface area contributed by atoms with Crippen molar-refractivity contribution in [3.05, 3.63) is 52.2 Å². The topological polar surface area (TPSA) is 50.5 Å². The molecule has 1 aliphatic rings. The Kier molecular flexibility index (Phi) is 3.61. The van der Waals surface area contributed by atoms with Gasteiger partial charge in [-0.1, -0.05) is 0 Å². The summed E-state index contributed by atoms with van der Waals surface area (Å²) in [6.07, 6.45) is 8.73. The van der Waals surface area contributed by atoms with Crippen LogP contribution in [0.5, 0.6) is 0 Å². The molecule has 0 radical (unpaired) electrons. The molecule has 1 saturated heterocycles. The number of amides is 1. The number of fused-ring (bicyclic) bond motifs is 1. The summed E-state index contributed by atoms with van der Waals surface area (Å²) in [7, 11) is 0. The molecule has 0 N–H and O–H groups in total. The number of thiophene rings is 1. The summed E-state index contributed by atoms with van der Waals surface area (Å²) in [5.41, 5.74) is 2.08. The maximum Gasteiger partial charge on any atom is 0.264 e. The molecule has 0 saturated carbocycles. The van der Waals surface area contributed by atoms with Crippen molar-refractivity contribution in [2.75, 3.05) is 6.54 Å². The zero-order chi connectivity index (χ0) is 15.8. The number of rotatable bonds is 2. The number of hydrogen-bond donors (Lipinski definition) is 0. The number of carbonyl (C=O) groups excluding carboxylic acids is 1. The van der Waals surface area contributed by atoms with Gasteiger partial charge in [0.1, 0.15) is 0 Å². The number of imidazole rings is 1. The Morgan fingerprint density at radius 1 is 1.35 bits per heavy atom. The Morgan fingerprint density at radius 3 is 3.09 bits per heavy atom. The van der Waals surface area contributed by atoms with Gasteiger partial charge in [0.2, 0.25) is 5.78 Å². The summed E-state index contributed by atoms with van der Waals surface area (Å²) < 4.78 is 1.89. The van der Waals surface area contributed by atoms with Crippen molar-refractivity contribution in [3.63, 3.8) is 0 Å². The highest BCUT2D eigenvalue weighted by Crippen LogP contribution is 2.32. The summed E-state index contributed by atoms with van der Waals surface area (Å²) in [4.78, 5) is 24.6. The minimum absolute atomic E-state index is 0.0420. The van der Waals surface area contributed by atoms with Crippen LogP contribution in [0.15, 0.2) is 36.1 Å². The molecule has 0 aliphatic carbocycles. The molecule has 4 rings (SSSR count). The van der Waals surface area contributed by atoms with Crippen LogP contribution in [0, 0.1) is 6.92 Å². The van der Waals surface area contributed by atoms with Crippen molar-refractivity contribution in [1.29, 1.82) is 0 Å². The molecule has 1 amide bonds. The lowest BCUT2D eigenvalue weighted by Crippen LogP contribution is -2.38. The number of hydrogen-bond acceptors (Lipinski definition) is 4. The van der Waals surface area contributed by atoms with Gasteiger partial charge in [0.05, 0.1) is 16.6 Å². The highest BCUT2D eigenvalue weighted by atomic mass is 32.1.